The van der Waals surface area contributed by atoms with Gasteiger partial charge in [0.1, 0.15) is 5.69 Å². The van der Waals surface area contributed by atoms with Gasteiger partial charge in [0.05, 0.1) is 15.8 Å². The molecule has 0 radical (unpaired) electrons. The lowest BCUT2D eigenvalue weighted by Crippen LogP contribution is -1.96. The van der Waals surface area contributed by atoms with E-state index >= 15 is 0 Å². The van der Waals surface area contributed by atoms with Gasteiger partial charge in [-0.1, -0.05) is 0 Å². The molecule has 1 rings (SSSR count). The van der Waals surface area contributed by atoms with E-state index in [1.807, 2.05) is 0 Å². The first-order valence-corrected chi connectivity index (χ1v) is 3.73. The van der Waals surface area contributed by atoms with E-state index in [4.69, 9.17) is 11.5 Å². The van der Waals surface area contributed by atoms with Gasteiger partial charge in [-0.2, -0.15) is 0 Å². The van der Waals surface area contributed by atoms with Crippen molar-refractivity contribution < 1.29 is 4.39 Å². The first-order valence-electron chi connectivity index (χ1n) is 2.94. The molecular formula is C6H5BrFN3O. The predicted octanol–water partition coefficient (Wildman–Crippen LogP) is 2.15. The quantitative estimate of drug-likeness (QED) is 0.576. The van der Waals surface area contributed by atoms with Gasteiger partial charge < -0.3 is 11.5 Å². The van der Waals surface area contributed by atoms with Gasteiger partial charge in [-0.3, -0.25) is 0 Å². The smallest absolute Gasteiger partial charge is 0.162 e. The number of anilines is 2. The zero-order valence-electron chi connectivity index (χ0n) is 5.84. The molecule has 0 aliphatic rings. The topological polar surface area (TPSA) is 81.5 Å². The zero-order chi connectivity index (χ0) is 9.30. The van der Waals surface area contributed by atoms with Gasteiger partial charge in [0.2, 0.25) is 0 Å². The van der Waals surface area contributed by atoms with Crippen LogP contribution in [0.25, 0.3) is 0 Å². The van der Waals surface area contributed by atoms with Crippen molar-refractivity contribution in [1.82, 2.24) is 0 Å². The Hall–Kier alpha value is -1.17. The normalized spacial score (nSPS) is 9.83. The third-order valence-electron chi connectivity index (χ3n) is 1.35. The third kappa shape index (κ3) is 1.25. The van der Waals surface area contributed by atoms with Crippen LogP contribution in [0.5, 0.6) is 0 Å². The molecule has 0 aliphatic heterocycles. The largest absolute Gasteiger partial charge is 0.396 e. The van der Waals surface area contributed by atoms with Crippen molar-refractivity contribution in [3.8, 4) is 0 Å². The lowest BCUT2D eigenvalue weighted by molar-refractivity contribution is 0.627. The van der Waals surface area contributed by atoms with E-state index in [0.29, 0.717) is 0 Å². The lowest BCUT2D eigenvalue weighted by atomic mass is 10.2. The highest BCUT2D eigenvalue weighted by atomic mass is 79.9. The van der Waals surface area contributed by atoms with Crippen LogP contribution in [0.2, 0.25) is 0 Å². The van der Waals surface area contributed by atoms with Gasteiger partial charge in [0.15, 0.2) is 5.82 Å². The molecule has 1 aromatic rings. The van der Waals surface area contributed by atoms with Crippen molar-refractivity contribution in [2.75, 3.05) is 11.5 Å². The summed E-state index contributed by atoms with van der Waals surface area (Å²) in [6.45, 7) is 0. The first kappa shape index (κ1) is 8.92. The lowest BCUT2D eigenvalue weighted by Gasteiger charge is -2.03. The number of halogens is 2. The molecule has 0 bridgehead atoms. The predicted molar refractivity (Wildman–Crippen MR) is 48.4 cm³/mol. The maximum absolute atomic E-state index is 12.9. The first-order chi connectivity index (χ1) is 5.57. The van der Waals surface area contributed by atoms with Crippen molar-refractivity contribution in [2.24, 2.45) is 5.18 Å². The molecule has 0 aromatic heterocycles. The Morgan fingerprint density at radius 2 is 2.08 bits per heavy atom. The van der Waals surface area contributed by atoms with Crippen molar-refractivity contribution in [2.45, 2.75) is 0 Å². The van der Waals surface area contributed by atoms with Crippen LogP contribution < -0.4 is 11.5 Å². The summed E-state index contributed by atoms with van der Waals surface area (Å²) in [6.07, 6.45) is 0. The molecule has 1 aromatic carbocycles. The van der Waals surface area contributed by atoms with Crippen LogP contribution in [0.15, 0.2) is 15.7 Å². The maximum atomic E-state index is 12.9. The fraction of sp³-hybridized carbons (Fsp3) is 0. The zero-order valence-corrected chi connectivity index (χ0v) is 7.43. The van der Waals surface area contributed by atoms with E-state index in [9.17, 15) is 9.30 Å². The van der Waals surface area contributed by atoms with Crippen LogP contribution in [0, 0.1) is 10.7 Å². The Bertz CT molecular complexity index is 342. The molecule has 0 fully saturated rings. The van der Waals surface area contributed by atoms with Gasteiger partial charge >= 0.3 is 0 Å². The number of hydrogen-bond donors (Lipinski definition) is 2. The summed E-state index contributed by atoms with van der Waals surface area (Å²) < 4.78 is 12.9. The molecule has 12 heavy (non-hydrogen) atoms. The number of nitrogens with two attached hydrogens (primary N) is 2. The fourth-order valence-corrected chi connectivity index (χ4v) is 1.15. The van der Waals surface area contributed by atoms with Crippen LogP contribution in [0.4, 0.5) is 21.5 Å². The highest BCUT2D eigenvalue weighted by Gasteiger charge is 2.12. The Kier molecular flexibility index (Phi) is 2.27. The molecule has 0 amide bonds. The van der Waals surface area contributed by atoms with E-state index < -0.39 is 5.82 Å². The van der Waals surface area contributed by atoms with Crippen LogP contribution >= 0.6 is 15.9 Å². The monoisotopic (exact) mass is 233 g/mol. The summed E-state index contributed by atoms with van der Waals surface area (Å²) in [5.41, 5.74) is 10.3. The van der Waals surface area contributed by atoms with Gasteiger partial charge in [-0.15, -0.1) is 4.91 Å². The molecule has 6 heteroatoms. The maximum Gasteiger partial charge on any atom is 0.162 e. The number of nitroso groups, excluding NO2 is 1. The Balaban J connectivity index is 3.49. The van der Waals surface area contributed by atoms with Crippen LogP contribution in [-0.2, 0) is 0 Å². The van der Waals surface area contributed by atoms with Gasteiger partial charge in [0.25, 0.3) is 0 Å². The SMILES string of the molecule is Nc1cc(N=O)c(N)c(Br)c1F. The van der Waals surface area contributed by atoms with Gasteiger partial charge in [0, 0.05) is 0 Å². The number of hydrogen-bond acceptors (Lipinski definition) is 4. The van der Waals surface area contributed by atoms with E-state index in [0.717, 1.165) is 6.07 Å². The molecular weight excluding hydrogens is 229 g/mol. The van der Waals surface area contributed by atoms with Gasteiger partial charge in [-0.05, 0) is 27.2 Å². The number of nitrogens with zero attached hydrogens (tertiary/aromatic N) is 1. The number of benzene rings is 1. The van der Waals surface area contributed by atoms with Crippen molar-refractivity contribution in [3.05, 3.63) is 21.3 Å². The molecule has 0 atom stereocenters. The number of nitrogen functional groups attached to an aromatic ring is 2. The molecule has 0 unspecified atom stereocenters. The Morgan fingerprint density at radius 1 is 1.50 bits per heavy atom. The van der Waals surface area contributed by atoms with E-state index in [1.165, 1.54) is 0 Å². The van der Waals surface area contributed by atoms with Crippen molar-refractivity contribution >= 4 is 33.0 Å². The minimum absolute atomic E-state index is 0.0305. The van der Waals surface area contributed by atoms with Crippen LogP contribution in [-0.4, -0.2) is 0 Å². The highest BCUT2D eigenvalue weighted by molar-refractivity contribution is 9.10. The van der Waals surface area contributed by atoms with Crippen molar-refractivity contribution in [3.63, 3.8) is 0 Å². The summed E-state index contributed by atoms with van der Waals surface area (Å²) in [7, 11) is 0. The van der Waals surface area contributed by atoms with E-state index in [-0.39, 0.29) is 21.5 Å². The second-order valence-corrected chi connectivity index (χ2v) is 2.91. The second kappa shape index (κ2) is 3.06. The average Bonchev–Trinajstić information content (AvgIpc) is 2.08. The Labute approximate surface area is 75.8 Å². The minimum Gasteiger partial charge on any atom is -0.396 e. The van der Waals surface area contributed by atoms with E-state index in [2.05, 4.69) is 21.1 Å². The molecule has 4 nitrogen and oxygen atoms in total. The fourth-order valence-electron chi connectivity index (χ4n) is 0.721. The molecule has 64 valence electrons. The summed E-state index contributed by atoms with van der Waals surface area (Å²) >= 11 is 2.84. The molecule has 0 saturated carbocycles. The summed E-state index contributed by atoms with van der Waals surface area (Å²) in [4.78, 5) is 10.1. The van der Waals surface area contributed by atoms with Crippen molar-refractivity contribution in [1.29, 1.82) is 0 Å². The average molecular weight is 234 g/mol. The molecule has 0 spiro atoms. The van der Waals surface area contributed by atoms with E-state index in [1.54, 1.807) is 0 Å². The second-order valence-electron chi connectivity index (χ2n) is 2.12. The molecule has 0 heterocycles. The molecule has 4 N–H and O–H groups in total. The minimum atomic E-state index is -0.681. The standard InChI is InChI=1S/C6H5BrFN3O/c7-4-5(8)2(9)1-3(11-12)6(4)10/h1H,9-10H2. The molecule has 0 aliphatic carbocycles. The summed E-state index contributed by atoms with van der Waals surface area (Å²) in [6, 6.07) is 1.09. The number of rotatable bonds is 1. The highest BCUT2D eigenvalue weighted by Crippen LogP contribution is 2.35. The van der Waals surface area contributed by atoms with Crippen LogP contribution in [0.3, 0.4) is 0 Å². The Morgan fingerprint density at radius 3 is 2.58 bits per heavy atom. The van der Waals surface area contributed by atoms with Crippen LogP contribution in [0.1, 0.15) is 0 Å². The summed E-state index contributed by atoms with van der Waals surface area (Å²) in [5, 5.41) is 2.58. The van der Waals surface area contributed by atoms with Gasteiger partial charge in [-0.25, -0.2) is 4.39 Å². The summed E-state index contributed by atoms with van der Waals surface area (Å²) in [5.74, 6) is -0.681. The molecule has 0 saturated heterocycles. The third-order valence-corrected chi connectivity index (χ3v) is 2.12.